The Bertz CT molecular complexity index is 520. The summed E-state index contributed by atoms with van der Waals surface area (Å²) in [6.07, 6.45) is 1.44. The van der Waals surface area contributed by atoms with E-state index in [9.17, 15) is 4.79 Å². The van der Waals surface area contributed by atoms with Crippen LogP contribution >= 0.6 is 11.6 Å². The maximum absolute atomic E-state index is 12.0. The molecule has 0 aliphatic heterocycles. The topological polar surface area (TPSA) is 50.2 Å². The largest absolute Gasteiger partial charge is 0.392 e. The molecule has 1 N–H and O–H groups in total. The van der Waals surface area contributed by atoms with Crippen LogP contribution in [0.1, 0.15) is 21.6 Å². The minimum Gasteiger partial charge on any atom is -0.392 e. The average molecular weight is 248 g/mol. The van der Waals surface area contributed by atoms with E-state index in [0.29, 0.717) is 16.3 Å². The number of hydrogen-bond donors (Lipinski definition) is 1. The molecule has 0 bridgehead atoms. The number of carbonyl (C=O) groups excluding carboxylic acids is 1. The van der Waals surface area contributed by atoms with Gasteiger partial charge in [0.1, 0.15) is 5.69 Å². The molecule has 1 aromatic heterocycles. The van der Waals surface area contributed by atoms with Crippen molar-refractivity contribution in [3.63, 3.8) is 0 Å². The Morgan fingerprint density at radius 2 is 1.88 bits per heavy atom. The summed E-state index contributed by atoms with van der Waals surface area (Å²) in [5.74, 6) is -0.161. The third-order valence-electron chi connectivity index (χ3n) is 2.36. The quantitative estimate of drug-likeness (QED) is 0.848. The van der Waals surface area contributed by atoms with Gasteiger partial charge >= 0.3 is 0 Å². The number of aliphatic hydroxyl groups is 1. The van der Waals surface area contributed by atoms with Crippen molar-refractivity contribution in [2.24, 2.45) is 0 Å². The lowest BCUT2D eigenvalue weighted by atomic mass is 10.1. The third kappa shape index (κ3) is 2.70. The van der Waals surface area contributed by atoms with E-state index in [-0.39, 0.29) is 12.4 Å². The number of benzene rings is 1. The van der Waals surface area contributed by atoms with Crippen LogP contribution in [0.15, 0.2) is 42.6 Å². The summed E-state index contributed by atoms with van der Waals surface area (Å²) in [7, 11) is 0. The van der Waals surface area contributed by atoms with Gasteiger partial charge in [0, 0.05) is 11.8 Å². The highest BCUT2D eigenvalue weighted by atomic mass is 35.5. The fourth-order valence-electron chi connectivity index (χ4n) is 1.42. The Balaban J connectivity index is 2.27. The highest BCUT2D eigenvalue weighted by Crippen LogP contribution is 2.12. The Morgan fingerprint density at radius 1 is 1.18 bits per heavy atom. The van der Waals surface area contributed by atoms with Crippen LogP contribution in [0.3, 0.4) is 0 Å². The molecular weight excluding hydrogens is 238 g/mol. The number of nitrogens with zero attached hydrogens (tertiary/aromatic N) is 1. The summed E-state index contributed by atoms with van der Waals surface area (Å²) in [5.41, 5.74) is 1.66. The number of pyridine rings is 1. The van der Waals surface area contributed by atoms with Crippen molar-refractivity contribution in [1.82, 2.24) is 4.98 Å². The molecule has 3 nitrogen and oxygen atoms in total. The van der Waals surface area contributed by atoms with Gasteiger partial charge in [0.2, 0.25) is 5.78 Å². The molecule has 2 aromatic rings. The Kier molecular flexibility index (Phi) is 3.52. The highest BCUT2D eigenvalue weighted by Gasteiger charge is 2.09. The van der Waals surface area contributed by atoms with Crippen LogP contribution in [-0.2, 0) is 6.61 Å². The Labute approximate surface area is 104 Å². The lowest BCUT2D eigenvalue weighted by Crippen LogP contribution is -2.03. The molecule has 17 heavy (non-hydrogen) atoms. The maximum atomic E-state index is 12.0. The van der Waals surface area contributed by atoms with Crippen molar-refractivity contribution in [2.45, 2.75) is 6.61 Å². The molecule has 0 atom stereocenters. The van der Waals surface area contributed by atoms with Crippen molar-refractivity contribution in [3.05, 3.63) is 64.4 Å². The summed E-state index contributed by atoms with van der Waals surface area (Å²) >= 11 is 5.70. The van der Waals surface area contributed by atoms with Crippen molar-refractivity contribution < 1.29 is 9.90 Å². The van der Waals surface area contributed by atoms with Crippen LogP contribution in [0.4, 0.5) is 0 Å². The van der Waals surface area contributed by atoms with E-state index in [1.807, 2.05) is 0 Å². The summed E-state index contributed by atoms with van der Waals surface area (Å²) in [6, 6.07) is 9.98. The van der Waals surface area contributed by atoms with Gasteiger partial charge < -0.3 is 5.11 Å². The molecular formula is C13H10ClNO2. The molecule has 0 saturated heterocycles. The standard InChI is InChI=1S/C13H10ClNO2/c14-11-5-6-12(15-7-11)13(17)10-3-1-9(8-16)2-4-10/h1-7,16H,8H2. The molecule has 2 rings (SSSR count). The monoisotopic (exact) mass is 247 g/mol. The van der Waals surface area contributed by atoms with Crippen molar-refractivity contribution in [1.29, 1.82) is 0 Å². The molecule has 4 heteroatoms. The van der Waals surface area contributed by atoms with Gasteiger partial charge in [-0.25, -0.2) is 0 Å². The second-order valence-electron chi connectivity index (χ2n) is 3.55. The summed E-state index contributed by atoms with van der Waals surface area (Å²) in [5, 5.41) is 9.40. The molecule has 0 aliphatic rings. The number of halogens is 1. The number of ketones is 1. The zero-order valence-electron chi connectivity index (χ0n) is 8.93. The highest BCUT2D eigenvalue weighted by molar-refractivity contribution is 6.30. The zero-order valence-corrected chi connectivity index (χ0v) is 9.69. The molecule has 0 radical (unpaired) electrons. The Hall–Kier alpha value is -1.71. The number of rotatable bonds is 3. The van der Waals surface area contributed by atoms with E-state index >= 15 is 0 Å². The number of hydrogen-bond acceptors (Lipinski definition) is 3. The van der Waals surface area contributed by atoms with Crippen LogP contribution < -0.4 is 0 Å². The van der Waals surface area contributed by atoms with Crippen LogP contribution in [0.25, 0.3) is 0 Å². The van der Waals surface area contributed by atoms with E-state index in [1.165, 1.54) is 6.20 Å². The first-order chi connectivity index (χ1) is 8.20. The second kappa shape index (κ2) is 5.08. The SMILES string of the molecule is O=C(c1ccc(CO)cc1)c1ccc(Cl)cn1. The van der Waals surface area contributed by atoms with Crippen molar-refractivity contribution in [3.8, 4) is 0 Å². The minimum absolute atomic E-state index is 0.0341. The summed E-state index contributed by atoms with van der Waals surface area (Å²) < 4.78 is 0. The number of aliphatic hydroxyl groups excluding tert-OH is 1. The van der Waals surface area contributed by atoms with E-state index in [4.69, 9.17) is 16.7 Å². The second-order valence-corrected chi connectivity index (χ2v) is 3.98. The smallest absolute Gasteiger partial charge is 0.211 e. The van der Waals surface area contributed by atoms with Gasteiger partial charge in [-0.15, -0.1) is 0 Å². The van der Waals surface area contributed by atoms with Crippen molar-refractivity contribution >= 4 is 17.4 Å². The first-order valence-corrected chi connectivity index (χ1v) is 5.44. The predicted octanol–water partition coefficient (Wildman–Crippen LogP) is 2.46. The molecule has 1 aromatic carbocycles. The zero-order chi connectivity index (χ0) is 12.3. The predicted molar refractivity (Wildman–Crippen MR) is 65.0 cm³/mol. The van der Waals surface area contributed by atoms with E-state index in [2.05, 4.69) is 4.98 Å². The molecule has 86 valence electrons. The van der Waals surface area contributed by atoms with Gasteiger partial charge in [-0.3, -0.25) is 9.78 Å². The van der Waals surface area contributed by atoms with Crippen LogP contribution in [0, 0.1) is 0 Å². The van der Waals surface area contributed by atoms with Gasteiger partial charge in [0.25, 0.3) is 0 Å². The third-order valence-corrected chi connectivity index (χ3v) is 2.58. The van der Waals surface area contributed by atoms with Gasteiger partial charge in [-0.1, -0.05) is 35.9 Å². The molecule has 0 spiro atoms. The van der Waals surface area contributed by atoms with Gasteiger partial charge in [-0.2, -0.15) is 0 Å². The van der Waals surface area contributed by atoms with Crippen LogP contribution in [0.5, 0.6) is 0 Å². The van der Waals surface area contributed by atoms with Crippen LogP contribution in [0.2, 0.25) is 5.02 Å². The molecule has 0 amide bonds. The molecule has 0 aliphatic carbocycles. The van der Waals surface area contributed by atoms with E-state index < -0.39 is 0 Å². The summed E-state index contributed by atoms with van der Waals surface area (Å²) in [4.78, 5) is 16.0. The normalized spacial score (nSPS) is 10.2. The van der Waals surface area contributed by atoms with Gasteiger partial charge in [0.05, 0.1) is 11.6 Å². The molecule has 0 saturated carbocycles. The fraction of sp³-hybridized carbons (Fsp3) is 0.0769. The van der Waals surface area contributed by atoms with Crippen molar-refractivity contribution in [2.75, 3.05) is 0 Å². The maximum Gasteiger partial charge on any atom is 0.211 e. The summed E-state index contributed by atoms with van der Waals surface area (Å²) in [6.45, 7) is -0.0341. The fourth-order valence-corrected chi connectivity index (χ4v) is 1.53. The first-order valence-electron chi connectivity index (χ1n) is 5.07. The van der Waals surface area contributed by atoms with E-state index in [0.717, 1.165) is 5.56 Å². The average Bonchev–Trinajstić information content (AvgIpc) is 2.39. The number of carbonyl (C=O) groups is 1. The lowest BCUT2D eigenvalue weighted by Gasteiger charge is -2.01. The molecule has 0 unspecified atom stereocenters. The first kappa shape index (κ1) is 11.8. The molecule has 1 heterocycles. The lowest BCUT2D eigenvalue weighted by molar-refractivity contribution is 0.103. The Morgan fingerprint density at radius 3 is 2.41 bits per heavy atom. The minimum atomic E-state index is -0.161. The van der Waals surface area contributed by atoms with Crippen LogP contribution in [-0.4, -0.2) is 15.9 Å². The van der Waals surface area contributed by atoms with Gasteiger partial charge in [-0.05, 0) is 17.7 Å². The number of aromatic nitrogens is 1. The van der Waals surface area contributed by atoms with E-state index in [1.54, 1.807) is 36.4 Å². The molecule has 0 fully saturated rings. The van der Waals surface area contributed by atoms with Gasteiger partial charge in [0.15, 0.2) is 0 Å².